The van der Waals surface area contributed by atoms with Crippen LogP contribution < -0.4 is 10.5 Å². The number of hydrogen-bond donors (Lipinski definition) is 2. The average molecular weight is 582 g/mol. The van der Waals surface area contributed by atoms with E-state index in [0.717, 1.165) is 41.6 Å². The van der Waals surface area contributed by atoms with Crippen molar-refractivity contribution in [3.63, 3.8) is 0 Å². The molecule has 6 rings (SSSR count). The van der Waals surface area contributed by atoms with Crippen LogP contribution in [-0.2, 0) is 13.0 Å². The van der Waals surface area contributed by atoms with E-state index in [1.54, 1.807) is 6.92 Å². The number of nitrogens with two attached hydrogens (primary N) is 1. The molecule has 1 aliphatic heterocycles. The highest BCUT2D eigenvalue weighted by Gasteiger charge is 2.27. The molecule has 3 aromatic heterocycles. The van der Waals surface area contributed by atoms with Gasteiger partial charge >= 0.3 is 0 Å². The number of nitrogens with zero attached hydrogens (tertiary/aromatic N) is 5. The summed E-state index contributed by atoms with van der Waals surface area (Å²) >= 11 is 0. The van der Waals surface area contributed by atoms with Gasteiger partial charge in [0, 0.05) is 36.6 Å². The first-order valence-corrected chi connectivity index (χ1v) is 13.8. The molecule has 0 saturated heterocycles. The summed E-state index contributed by atoms with van der Waals surface area (Å²) in [5.41, 5.74) is 10.9. The first kappa shape index (κ1) is 28.1. The molecule has 43 heavy (non-hydrogen) atoms. The molecule has 9 nitrogen and oxygen atoms in total. The van der Waals surface area contributed by atoms with Crippen molar-refractivity contribution in [1.29, 1.82) is 5.26 Å². The van der Waals surface area contributed by atoms with Gasteiger partial charge in [0.15, 0.2) is 11.6 Å². The SMILES string of the molecule is Cc1cc(Oc2c(F)cccc2F)ncc1-n1ncc(C(=O)c2cc3c4c(ccc3[nH]2)CCN(CC(C)(C)C#N)C4)c1N. The Morgan fingerprint density at radius 2 is 1.95 bits per heavy atom. The number of benzene rings is 2. The van der Waals surface area contributed by atoms with Gasteiger partial charge in [-0.05, 0) is 68.1 Å². The van der Waals surface area contributed by atoms with Crippen LogP contribution in [0.4, 0.5) is 14.6 Å². The summed E-state index contributed by atoms with van der Waals surface area (Å²) in [5, 5.41) is 14.8. The third-order valence-corrected chi connectivity index (χ3v) is 7.72. The molecule has 0 bridgehead atoms. The zero-order chi connectivity index (χ0) is 30.5. The molecule has 0 radical (unpaired) electrons. The number of aromatic amines is 1. The standard InChI is InChI=1S/C32H29F2N7O2/c1-18-11-28(43-30-23(33)5-4-6-24(30)34)37-14-27(18)41-31(36)21(13-38-41)29(42)26-12-20-22-15-40(17-32(2,3)16-35)10-9-19(22)7-8-25(20)39-26/h4-8,11-14,39H,9-10,15,17,36H2,1-3H3. The number of carbonyl (C=O) groups excluding carboxylic acids is 1. The summed E-state index contributed by atoms with van der Waals surface area (Å²) in [6, 6.07) is 13.2. The fourth-order valence-electron chi connectivity index (χ4n) is 5.52. The molecule has 1 aliphatic rings. The third-order valence-electron chi connectivity index (χ3n) is 7.72. The molecule has 3 N–H and O–H groups in total. The number of para-hydroxylation sites is 1. The molecule has 0 saturated carbocycles. The van der Waals surface area contributed by atoms with Gasteiger partial charge in [0.25, 0.3) is 0 Å². The molecule has 4 heterocycles. The van der Waals surface area contributed by atoms with Crippen LogP contribution in [0.1, 0.15) is 46.6 Å². The van der Waals surface area contributed by atoms with Crippen LogP contribution in [0.15, 0.2) is 54.9 Å². The topological polar surface area (TPSA) is 126 Å². The van der Waals surface area contributed by atoms with Gasteiger partial charge < -0.3 is 15.5 Å². The largest absolute Gasteiger partial charge is 0.433 e. The maximum absolute atomic E-state index is 14.0. The Hall–Kier alpha value is -5.08. The van der Waals surface area contributed by atoms with Crippen LogP contribution >= 0.6 is 0 Å². The highest BCUT2D eigenvalue weighted by atomic mass is 19.1. The molecular formula is C32H29F2N7O2. The Kier molecular flexibility index (Phi) is 6.94. The van der Waals surface area contributed by atoms with Crippen molar-refractivity contribution >= 4 is 22.5 Å². The number of ether oxygens (including phenoxy) is 1. The van der Waals surface area contributed by atoms with E-state index in [1.807, 2.05) is 26.0 Å². The van der Waals surface area contributed by atoms with Gasteiger partial charge in [0.1, 0.15) is 5.82 Å². The number of H-pyrrole nitrogens is 1. The number of pyridine rings is 1. The van der Waals surface area contributed by atoms with Crippen LogP contribution in [-0.4, -0.2) is 43.5 Å². The van der Waals surface area contributed by atoms with Crippen LogP contribution in [0.2, 0.25) is 0 Å². The molecule has 5 aromatic rings. The Labute approximate surface area is 246 Å². The van der Waals surface area contributed by atoms with Gasteiger partial charge in [-0.15, -0.1) is 0 Å². The van der Waals surface area contributed by atoms with E-state index in [0.29, 0.717) is 30.0 Å². The number of aryl methyl sites for hydroxylation is 1. The van der Waals surface area contributed by atoms with Crippen molar-refractivity contribution in [2.45, 2.75) is 33.7 Å². The highest BCUT2D eigenvalue weighted by Crippen LogP contribution is 2.32. The smallest absolute Gasteiger partial charge is 0.219 e. The van der Waals surface area contributed by atoms with Crippen LogP contribution in [0, 0.1) is 35.3 Å². The van der Waals surface area contributed by atoms with Gasteiger partial charge in [-0.1, -0.05) is 12.1 Å². The van der Waals surface area contributed by atoms with Crippen molar-refractivity contribution < 1.29 is 18.3 Å². The van der Waals surface area contributed by atoms with Crippen molar-refractivity contribution in [2.75, 3.05) is 18.8 Å². The third kappa shape index (κ3) is 5.21. The van der Waals surface area contributed by atoms with Crippen LogP contribution in [0.5, 0.6) is 11.6 Å². The minimum atomic E-state index is -0.847. The highest BCUT2D eigenvalue weighted by molar-refractivity contribution is 6.12. The summed E-state index contributed by atoms with van der Waals surface area (Å²) in [5.74, 6) is -2.45. The zero-order valence-electron chi connectivity index (χ0n) is 23.9. The average Bonchev–Trinajstić information content (AvgIpc) is 3.59. The maximum atomic E-state index is 14.0. The number of fused-ring (bicyclic) bond motifs is 3. The van der Waals surface area contributed by atoms with E-state index in [2.05, 4.69) is 32.1 Å². The van der Waals surface area contributed by atoms with Gasteiger partial charge in [0.2, 0.25) is 17.4 Å². The first-order chi connectivity index (χ1) is 20.5. The van der Waals surface area contributed by atoms with Crippen molar-refractivity contribution in [3.05, 3.63) is 94.4 Å². The lowest BCUT2D eigenvalue weighted by Crippen LogP contribution is -2.37. The van der Waals surface area contributed by atoms with Gasteiger partial charge in [-0.3, -0.25) is 9.69 Å². The van der Waals surface area contributed by atoms with E-state index in [4.69, 9.17) is 10.5 Å². The number of anilines is 1. The molecular weight excluding hydrogens is 552 g/mol. The predicted molar refractivity (Wildman–Crippen MR) is 157 cm³/mol. The summed E-state index contributed by atoms with van der Waals surface area (Å²) < 4.78 is 34.8. The number of ketones is 1. The number of nitrogen functional groups attached to an aromatic ring is 1. The summed E-state index contributed by atoms with van der Waals surface area (Å²) in [6.07, 6.45) is 3.69. The van der Waals surface area contributed by atoms with E-state index in [1.165, 1.54) is 34.8 Å². The minimum absolute atomic E-state index is 0.0107. The van der Waals surface area contributed by atoms with Crippen molar-refractivity contribution in [1.82, 2.24) is 24.6 Å². The Balaban J connectivity index is 1.26. The fourth-order valence-corrected chi connectivity index (χ4v) is 5.52. The van der Waals surface area contributed by atoms with E-state index >= 15 is 0 Å². The Morgan fingerprint density at radius 1 is 1.19 bits per heavy atom. The van der Waals surface area contributed by atoms with Gasteiger partial charge in [0.05, 0.1) is 40.8 Å². The molecule has 2 aromatic carbocycles. The number of carbonyl (C=O) groups is 1. The molecule has 0 spiro atoms. The number of halogens is 2. The second-order valence-electron chi connectivity index (χ2n) is 11.5. The second kappa shape index (κ2) is 10.6. The summed E-state index contributed by atoms with van der Waals surface area (Å²) in [7, 11) is 0. The Morgan fingerprint density at radius 3 is 2.67 bits per heavy atom. The van der Waals surface area contributed by atoms with E-state index < -0.39 is 22.8 Å². The predicted octanol–water partition coefficient (Wildman–Crippen LogP) is 5.85. The lowest BCUT2D eigenvalue weighted by molar-refractivity contribution is 0.103. The molecule has 218 valence electrons. The first-order valence-electron chi connectivity index (χ1n) is 13.8. The molecule has 0 atom stereocenters. The summed E-state index contributed by atoms with van der Waals surface area (Å²) in [4.78, 5) is 23.3. The van der Waals surface area contributed by atoms with Crippen molar-refractivity contribution in [2.24, 2.45) is 5.41 Å². The number of hydrogen-bond acceptors (Lipinski definition) is 7. The molecule has 0 aliphatic carbocycles. The fraction of sp³-hybridized carbons (Fsp3) is 0.250. The molecule has 0 fully saturated rings. The molecule has 11 heteroatoms. The van der Waals surface area contributed by atoms with E-state index in [-0.39, 0.29) is 23.0 Å². The lowest BCUT2D eigenvalue weighted by atomic mass is 9.91. The summed E-state index contributed by atoms with van der Waals surface area (Å²) in [6.45, 7) is 7.84. The van der Waals surface area contributed by atoms with Gasteiger partial charge in [-0.2, -0.15) is 10.4 Å². The number of rotatable bonds is 7. The second-order valence-corrected chi connectivity index (χ2v) is 11.5. The van der Waals surface area contributed by atoms with Crippen LogP contribution in [0.25, 0.3) is 16.6 Å². The number of nitrogens with one attached hydrogen (secondary N) is 1. The number of nitriles is 1. The molecule has 0 unspecified atom stereocenters. The zero-order valence-corrected chi connectivity index (χ0v) is 23.9. The van der Waals surface area contributed by atoms with Crippen molar-refractivity contribution in [3.8, 4) is 23.4 Å². The quantitative estimate of drug-likeness (QED) is 0.231. The minimum Gasteiger partial charge on any atom is -0.433 e. The van der Waals surface area contributed by atoms with E-state index in [9.17, 15) is 18.8 Å². The Bertz CT molecular complexity index is 1920. The lowest BCUT2D eigenvalue weighted by Gasteiger charge is -2.32. The van der Waals surface area contributed by atoms with Gasteiger partial charge in [-0.25, -0.2) is 18.4 Å². The molecule has 0 amide bonds. The number of aromatic nitrogens is 4. The monoisotopic (exact) mass is 581 g/mol. The normalized spacial score (nSPS) is 13.6. The maximum Gasteiger partial charge on any atom is 0.219 e. The van der Waals surface area contributed by atoms with Crippen LogP contribution in [0.3, 0.4) is 0 Å².